The van der Waals surface area contributed by atoms with Crippen LogP contribution in [0.3, 0.4) is 0 Å². The van der Waals surface area contributed by atoms with Gasteiger partial charge in [0.05, 0.1) is 13.7 Å². The predicted molar refractivity (Wildman–Crippen MR) is 82.4 cm³/mol. The first-order valence-corrected chi connectivity index (χ1v) is 6.81. The minimum atomic E-state index is -0.487. The fourth-order valence-corrected chi connectivity index (χ4v) is 2.14. The molecule has 0 fully saturated rings. The average Bonchev–Trinajstić information content (AvgIpc) is 2.77. The Morgan fingerprint density at radius 2 is 2.14 bits per heavy atom. The molecule has 3 N–H and O–H groups in total. The summed E-state index contributed by atoms with van der Waals surface area (Å²) in [6.07, 6.45) is 0. The second-order valence-electron chi connectivity index (χ2n) is 4.71. The summed E-state index contributed by atoms with van der Waals surface area (Å²) < 4.78 is 6.40. The van der Waals surface area contributed by atoms with Crippen LogP contribution in [0, 0.1) is 6.92 Å². The Morgan fingerprint density at radius 1 is 1.43 bits per heavy atom. The van der Waals surface area contributed by atoms with Crippen LogP contribution >= 0.6 is 0 Å². The van der Waals surface area contributed by atoms with Gasteiger partial charge in [-0.2, -0.15) is 5.10 Å². The summed E-state index contributed by atoms with van der Waals surface area (Å²) in [6.45, 7) is 5.11. The third kappa shape index (κ3) is 2.99. The summed E-state index contributed by atoms with van der Waals surface area (Å²) in [6, 6.07) is 7.99. The van der Waals surface area contributed by atoms with E-state index in [0.717, 1.165) is 11.1 Å². The van der Waals surface area contributed by atoms with E-state index in [2.05, 4.69) is 10.4 Å². The van der Waals surface area contributed by atoms with Gasteiger partial charge in [0, 0.05) is 6.54 Å². The molecular weight excluding hydrogens is 268 g/mol. The van der Waals surface area contributed by atoms with Crippen molar-refractivity contribution in [1.29, 1.82) is 0 Å². The van der Waals surface area contributed by atoms with E-state index in [4.69, 9.17) is 10.5 Å². The molecule has 0 radical (unpaired) electrons. The highest BCUT2D eigenvalue weighted by Crippen LogP contribution is 2.24. The second kappa shape index (κ2) is 6.30. The lowest BCUT2D eigenvalue weighted by Gasteiger charge is -2.07. The quantitative estimate of drug-likeness (QED) is 0.823. The van der Waals surface area contributed by atoms with Gasteiger partial charge in [-0.15, -0.1) is 0 Å². The zero-order chi connectivity index (χ0) is 15.4. The van der Waals surface area contributed by atoms with Gasteiger partial charge in [0.25, 0.3) is 0 Å². The number of benzene rings is 1. The van der Waals surface area contributed by atoms with Gasteiger partial charge in [-0.05, 0) is 25.0 Å². The third-order valence-corrected chi connectivity index (χ3v) is 3.31. The van der Waals surface area contributed by atoms with Gasteiger partial charge in [-0.1, -0.05) is 24.3 Å². The first-order chi connectivity index (χ1) is 10.1. The Kier molecular flexibility index (Phi) is 4.47. The molecule has 0 bridgehead atoms. The highest BCUT2D eigenvalue weighted by molar-refractivity contribution is 5.99. The number of hydrogen-bond donors (Lipinski definition) is 2. The van der Waals surface area contributed by atoms with Crippen molar-refractivity contribution in [3.05, 3.63) is 41.0 Å². The van der Waals surface area contributed by atoms with E-state index in [1.54, 1.807) is 4.68 Å². The summed E-state index contributed by atoms with van der Waals surface area (Å²) in [5.74, 6) is 0.274. The number of methoxy groups -OCH3 is 1. The summed E-state index contributed by atoms with van der Waals surface area (Å²) in [5, 5.41) is 7.42. The fraction of sp³-hybridized carbons (Fsp3) is 0.333. The average molecular weight is 288 g/mol. The number of carbonyl (C=O) groups excluding carboxylic acids is 1. The number of esters is 1. The molecule has 112 valence electrons. The van der Waals surface area contributed by atoms with Crippen LogP contribution in [0.25, 0.3) is 0 Å². The Hall–Kier alpha value is -2.50. The van der Waals surface area contributed by atoms with Crippen LogP contribution in [0.15, 0.2) is 24.3 Å². The van der Waals surface area contributed by atoms with Crippen LogP contribution in [0.5, 0.6) is 0 Å². The third-order valence-electron chi connectivity index (χ3n) is 3.31. The van der Waals surface area contributed by atoms with Gasteiger partial charge in [0.15, 0.2) is 5.82 Å². The number of hydrogen-bond acceptors (Lipinski definition) is 5. The highest BCUT2D eigenvalue weighted by atomic mass is 16.5. The number of ether oxygens (including phenoxy) is 1. The molecule has 1 aromatic heterocycles. The van der Waals surface area contributed by atoms with Gasteiger partial charge in [-0.3, -0.25) is 0 Å². The maximum atomic E-state index is 11.9. The first-order valence-electron chi connectivity index (χ1n) is 6.81. The van der Waals surface area contributed by atoms with Gasteiger partial charge in [0.2, 0.25) is 0 Å². The lowest BCUT2D eigenvalue weighted by molar-refractivity contribution is 0.0603. The van der Waals surface area contributed by atoms with Crippen molar-refractivity contribution in [2.45, 2.75) is 20.4 Å². The van der Waals surface area contributed by atoms with E-state index >= 15 is 0 Å². The van der Waals surface area contributed by atoms with Crippen molar-refractivity contribution >= 4 is 17.6 Å². The molecule has 0 spiro atoms. The van der Waals surface area contributed by atoms with Crippen LogP contribution in [0.2, 0.25) is 0 Å². The number of nitrogen functional groups attached to an aromatic ring is 1. The van der Waals surface area contributed by atoms with Crippen molar-refractivity contribution in [3.63, 3.8) is 0 Å². The van der Waals surface area contributed by atoms with E-state index in [1.807, 2.05) is 38.1 Å². The molecule has 0 aliphatic rings. The molecule has 0 saturated carbocycles. The molecule has 0 aliphatic heterocycles. The van der Waals surface area contributed by atoms with Crippen molar-refractivity contribution in [3.8, 4) is 0 Å². The summed E-state index contributed by atoms with van der Waals surface area (Å²) >= 11 is 0. The summed E-state index contributed by atoms with van der Waals surface area (Å²) in [4.78, 5) is 11.9. The van der Waals surface area contributed by atoms with Crippen molar-refractivity contribution in [1.82, 2.24) is 9.78 Å². The Labute approximate surface area is 123 Å². The molecular formula is C15H20N4O2. The van der Waals surface area contributed by atoms with Gasteiger partial charge in [-0.25, -0.2) is 9.48 Å². The number of nitrogens with zero attached hydrogens (tertiary/aromatic N) is 2. The molecule has 0 unspecified atom stereocenters. The van der Waals surface area contributed by atoms with Crippen LogP contribution in [0.1, 0.15) is 28.4 Å². The molecule has 1 heterocycles. The minimum Gasteiger partial charge on any atom is -0.465 e. The molecule has 21 heavy (non-hydrogen) atoms. The Balaban J connectivity index is 2.41. The number of aromatic nitrogens is 2. The Morgan fingerprint density at radius 3 is 2.76 bits per heavy atom. The lowest BCUT2D eigenvalue weighted by atomic mass is 10.1. The molecule has 0 amide bonds. The first kappa shape index (κ1) is 14.9. The Bertz CT molecular complexity index is 649. The van der Waals surface area contributed by atoms with Gasteiger partial charge < -0.3 is 15.8 Å². The fourth-order valence-electron chi connectivity index (χ4n) is 2.14. The normalized spacial score (nSPS) is 10.4. The van der Waals surface area contributed by atoms with Crippen LogP contribution < -0.4 is 11.1 Å². The number of anilines is 2. The molecule has 2 aromatic rings. The number of nitrogens with two attached hydrogens (primary N) is 1. The SMILES string of the molecule is CCNc1nn(Cc2ccccc2C)c(N)c1C(=O)OC. The van der Waals surface area contributed by atoms with Crippen molar-refractivity contribution in [2.24, 2.45) is 0 Å². The topological polar surface area (TPSA) is 82.2 Å². The van der Waals surface area contributed by atoms with Crippen molar-refractivity contribution < 1.29 is 9.53 Å². The van der Waals surface area contributed by atoms with Crippen LogP contribution in [0.4, 0.5) is 11.6 Å². The van der Waals surface area contributed by atoms with Gasteiger partial charge >= 0.3 is 5.97 Å². The maximum absolute atomic E-state index is 11.9. The number of carbonyl (C=O) groups is 1. The van der Waals surface area contributed by atoms with Crippen LogP contribution in [-0.2, 0) is 11.3 Å². The molecule has 6 heteroatoms. The molecule has 2 rings (SSSR count). The smallest absolute Gasteiger partial charge is 0.345 e. The highest BCUT2D eigenvalue weighted by Gasteiger charge is 2.22. The number of nitrogens with one attached hydrogen (secondary N) is 1. The number of aryl methyl sites for hydroxylation is 1. The molecule has 6 nitrogen and oxygen atoms in total. The standard InChI is InChI=1S/C15H20N4O2/c1-4-17-14-12(15(20)21-3)13(16)19(18-14)9-11-8-6-5-7-10(11)2/h5-8H,4,9,16H2,1-3H3,(H,17,18). The minimum absolute atomic E-state index is 0.285. The van der Waals surface area contributed by atoms with E-state index in [0.29, 0.717) is 24.7 Å². The van der Waals surface area contributed by atoms with E-state index < -0.39 is 5.97 Å². The maximum Gasteiger partial charge on any atom is 0.345 e. The van der Waals surface area contributed by atoms with E-state index in [1.165, 1.54) is 7.11 Å². The molecule has 1 aromatic carbocycles. The second-order valence-corrected chi connectivity index (χ2v) is 4.71. The molecule has 0 aliphatic carbocycles. The van der Waals surface area contributed by atoms with Gasteiger partial charge in [0.1, 0.15) is 11.4 Å². The summed E-state index contributed by atoms with van der Waals surface area (Å²) in [5.41, 5.74) is 8.61. The monoisotopic (exact) mass is 288 g/mol. The predicted octanol–water partition coefficient (Wildman–Crippen LogP) is 2.04. The largest absolute Gasteiger partial charge is 0.465 e. The molecule has 0 atom stereocenters. The van der Waals surface area contributed by atoms with E-state index in [9.17, 15) is 4.79 Å². The number of rotatable bonds is 5. The van der Waals surface area contributed by atoms with Crippen LogP contribution in [-0.4, -0.2) is 29.4 Å². The zero-order valence-corrected chi connectivity index (χ0v) is 12.5. The van der Waals surface area contributed by atoms with E-state index in [-0.39, 0.29) is 5.56 Å². The summed E-state index contributed by atoms with van der Waals surface area (Å²) in [7, 11) is 1.33. The molecule has 0 saturated heterocycles. The van der Waals surface area contributed by atoms with Crippen molar-refractivity contribution in [2.75, 3.05) is 24.7 Å². The lowest BCUT2D eigenvalue weighted by Crippen LogP contribution is -2.10. The zero-order valence-electron chi connectivity index (χ0n) is 12.5.